The van der Waals surface area contributed by atoms with Gasteiger partial charge in [-0.25, -0.2) is 0 Å². The van der Waals surface area contributed by atoms with Gasteiger partial charge in [0.2, 0.25) is 0 Å². The van der Waals surface area contributed by atoms with E-state index < -0.39 is 8.80 Å². The van der Waals surface area contributed by atoms with Crippen molar-refractivity contribution < 1.29 is 13.3 Å². The molecule has 88 valence electrons. The summed E-state index contributed by atoms with van der Waals surface area (Å²) in [7, 11) is 4.64. The Kier molecular flexibility index (Phi) is 4.78. The first-order valence-electron chi connectivity index (χ1n) is 5.21. The minimum absolute atomic E-state index is 0.792. The SMILES string of the molecule is CO[Si](CC1=CN(C)CCC1)(OC)OC. The molecular weight excluding hydrogens is 210 g/mol. The summed E-state index contributed by atoms with van der Waals surface area (Å²) in [4.78, 5) is 2.21. The lowest BCUT2D eigenvalue weighted by Gasteiger charge is -2.28. The summed E-state index contributed by atoms with van der Waals surface area (Å²) in [5, 5.41) is 0. The summed E-state index contributed by atoms with van der Waals surface area (Å²) >= 11 is 0. The molecule has 0 aromatic heterocycles. The summed E-state index contributed by atoms with van der Waals surface area (Å²) in [5.41, 5.74) is 1.36. The van der Waals surface area contributed by atoms with Crippen molar-refractivity contribution in [2.45, 2.75) is 18.9 Å². The molecule has 15 heavy (non-hydrogen) atoms. The van der Waals surface area contributed by atoms with E-state index in [9.17, 15) is 0 Å². The van der Waals surface area contributed by atoms with Crippen molar-refractivity contribution >= 4 is 8.80 Å². The molecule has 5 heteroatoms. The van der Waals surface area contributed by atoms with Crippen molar-refractivity contribution in [2.75, 3.05) is 34.9 Å². The Morgan fingerprint density at radius 2 is 1.87 bits per heavy atom. The first kappa shape index (κ1) is 12.7. The van der Waals surface area contributed by atoms with Crippen molar-refractivity contribution in [2.24, 2.45) is 0 Å². The highest BCUT2D eigenvalue weighted by Gasteiger charge is 2.38. The van der Waals surface area contributed by atoms with Gasteiger partial charge in [0.25, 0.3) is 0 Å². The minimum Gasteiger partial charge on any atom is -0.380 e. The number of hydrogen-bond donors (Lipinski definition) is 0. The van der Waals surface area contributed by atoms with Gasteiger partial charge in [-0.2, -0.15) is 0 Å². The molecule has 1 heterocycles. The van der Waals surface area contributed by atoms with Gasteiger partial charge in [0.1, 0.15) is 0 Å². The maximum Gasteiger partial charge on any atom is 0.504 e. The van der Waals surface area contributed by atoms with E-state index in [0.717, 1.165) is 19.0 Å². The van der Waals surface area contributed by atoms with Gasteiger partial charge in [0, 0.05) is 41.0 Å². The van der Waals surface area contributed by atoms with E-state index >= 15 is 0 Å². The Hall–Kier alpha value is -0.363. The molecule has 0 radical (unpaired) electrons. The highest BCUT2D eigenvalue weighted by Crippen LogP contribution is 2.25. The van der Waals surface area contributed by atoms with Crippen LogP contribution in [-0.2, 0) is 13.3 Å². The van der Waals surface area contributed by atoms with Crippen LogP contribution in [0.4, 0.5) is 0 Å². The van der Waals surface area contributed by atoms with Crippen molar-refractivity contribution in [3.8, 4) is 0 Å². The Balaban J connectivity index is 2.65. The number of hydrogen-bond acceptors (Lipinski definition) is 4. The average molecular weight is 231 g/mol. The molecule has 0 aromatic rings. The third kappa shape index (κ3) is 3.31. The largest absolute Gasteiger partial charge is 0.504 e. The lowest BCUT2D eigenvalue weighted by atomic mass is 10.1. The Labute approximate surface area is 93.2 Å². The predicted molar refractivity (Wildman–Crippen MR) is 61.5 cm³/mol. The number of rotatable bonds is 5. The van der Waals surface area contributed by atoms with Crippen molar-refractivity contribution in [1.82, 2.24) is 4.90 Å². The monoisotopic (exact) mass is 231 g/mol. The summed E-state index contributed by atoms with van der Waals surface area (Å²) < 4.78 is 16.2. The quantitative estimate of drug-likeness (QED) is 0.671. The molecule has 0 saturated carbocycles. The van der Waals surface area contributed by atoms with Crippen LogP contribution in [-0.4, -0.2) is 48.6 Å². The van der Waals surface area contributed by atoms with Gasteiger partial charge in [-0.05, 0) is 24.6 Å². The highest BCUT2D eigenvalue weighted by molar-refractivity contribution is 6.61. The third-order valence-electron chi connectivity index (χ3n) is 2.79. The molecule has 0 spiro atoms. The minimum atomic E-state index is -2.43. The standard InChI is InChI=1S/C10H21NO3Si/c1-11-7-5-6-10(8-11)9-15(12-2,13-3)14-4/h8H,5-7,9H2,1-4H3. The third-order valence-corrected chi connectivity index (χ3v) is 5.54. The molecule has 0 amide bonds. The van der Waals surface area contributed by atoms with Crippen molar-refractivity contribution in [1.29, 1.82) is 0 Å². The van der Waals surface area contributed by atoms with E-state index in [1.165, 1.54) is 12.0 Å². The average Bonchev–Trinajstić information content (AvgIpc) is 2.26. The molecule has 1 aliphatic rings. The fourth-order valence-corrected chi connectivity index (χ4v) is 3.63. The second kappa shape index (κ2) is 5.65. The topological polar surface area (TPSA) is 30.9 Å². The lowest BCUT2D eigenvalue weighted by Crippen LogP contribution is -2.43. The van der Waals surface area contributed by atoms with E-state index in [-0.39, 0.29) is 0 Å². The predicted octanol–water partition coefficient (Wildman–Crippen LogP) is 1.47. The zero-order valence-electron chi connectivity index (χ0n) is 10.1. The molecule has 1 rings (SSSR count). The molecule has 0 atom stereocenters. The fraction of sp³-hybridized carbons (Fsp3) is 0.800. The first-order valence-corrected chi connectivity index (χ1v) is 7.14. The smallest absolute Gasteiger partial charge is 0.380 e. The summed E-state index contributed by atoms with van der Waals surface area (Å²) in [6.45, 7) is 1.13. The number of nitrogens with zero attached hydrogens (tertiary/aromatic N) is 1. The maximum absolute atomic E-state index is 5.41. The van der Waals surface area contributed by atoms with Crippen LogP contribution < -0.4 is 0 Å². The van der Waals surface area contributed by atoms with Gasteiger partial charge < -0.3 is 18.2 Å². The van der Waals surface area contributed by atoms with Crippen LogP contribution in [0.25, 0.3) is 0 Å². The molecule has 0 aromatic carbocycles. The van der Waals surface area contributed by atoms with Gasteiger partial charge >= 0.3 is 8.80 Å². The van der Waals surface area contributed by atoms with Gasteiger partial charge in [-0.1, -0.05) is 0 Å². The van der Waals surface area contributed by atoms with Gasteiger partial charge in [-0.3, -0.25) is 0 Å². The molecule has 0 fully saturated rings. The zero-order chi connectivity index (χ0) is 11.3. The van der Waals surface area contributed by atoms with Crippen molar-refractivity contribution in [3.05, 3.63) is 11.8 Å². The zero-order valence-corrected chi connectivity index (χ0v) is 11.1. The van der Waals surface area contributed by atoms with Crippen LogP contribution in [0.2, 0.25) is 6.04 Å². The summed E-state index contributed by atoms with van der Waals surface area (Å²) in [5.74, 6) is 0. The molecule has 0 unspecified atom stereocenters. The molecule has 0 bridgehead atoms. The normalized spacial score (nSPS) is 17.9. The Bertz CT molecular complexity index is 220. The summed E-state index contributed by atoms with van der Waals surface area (Å²) in [6.07, 6.45) is 4.50. The van der Waals surface area contributed by atoms with Crippen molar-refractivity contribution in [3.63, 3.8) is 0 Å². The Morgan fingerprint density at radius 3 is 2.33 bits per heavy atom. The van der Waals surface area contributed by atoms with E-state index in [0.29, 0.717) is 0 Å². The van der Waals surface area contributed by atoms with Crippen LogP contribution in [0.1, 0.15) is 12.8 Å². The molecule has 0 aliphatic carbocycles. The lowest BCUT2D eigenvalue weighted by molar-refractivity contribution is 0.125. The van der Waals surface area contributed by atoms with E-state index in [1.54, 1.807) is 21.3 Å². The first-order chi connectivity index (χ1) is 7.15. The van der Waals surface area contributed by atoms with E-state index in [2.05, 4.69) is 18.1 Å². The summed E-state index contributed by atoms with van der Waals surface area (Å²) in [6, 6.07) is 0.792. The van der Waals surface area contributed by atoms with E-state index in [4.69, 9.17) is 13.3 Å². The molecule has 0 saturated heterocycles. The number of allylic oxidation sites excluding steroid dienone is 1. The maximum atomic E-state index is 5.41. The second-order valence-electron chi connectivity index (χ2n) is 3.84. The Morgan fingerprint density at radius 1 is 1.27 bits per heavy atom. The van der Waals surface area contributed by atoms with Gasteiger partial charge in [0.05, 0.1) is 0 Å². The molecular formula is C10H21NO3Si. The molecule has 1 aliphatic heterocycles. The van der Waals surface area contributed by atoms with Crippen LogP contribution in [0.5, 0.6) is 0 Å². The highest BCUT2D eigenvalue weighted by atomic mass is 28.4. The molecule has 4 nitrogen and oxygen atoms in total. The van der Waals surface area contributed by atoms with Crippen LogP contribution in [0.15, 0.2) is 11.8 Å². The van der Waals surface area contributed by atoms with Gasteiger partial charge in [-0.15, -0.1) is 0 Å². The van der Waals surface area contributed by atoms with Crippen LogP contribution >= 0.6 is 0 Å². The van der Waals surface area contributed by atoms with Crippen LogP contribution in [0.3, 0.4) is 0 Å². The van der Waals surface area contributed by atoms with Gasteiger partial charge in [0.15, 0.2) is 0 Å². The molecule has 0 N–H and O–H groups in total. The van der Waals surface area contributed by atoms with Crippen LogP contribution in [0, 0.1) is 0 Å². The van der Waals surface area contributed by atoms with E-state index in [1.807, 2.05) is 0 Å². The second-order valence-corrected chi connectivity index (χ2v) is 6.79. The fourth-order valence-electron chi connectivity index (χ4n) is 1.87.